The Labute approximate surface area is 212 Å². The highest BCUT2D eigenvalue weighted by molar-refractivity contribution is 5.91. The number of amides is 3. The average molecular weight is 518 g/mol. The largest absolute Gasteiger partial charge is 0.442 e. The molecule has 12 nitrogen and oxygen atoms in total. The van der Waals surface area contributed by atoms with Crippen LogP contribution in [0.15, 0.2) is 34.7 Å². The van der Waals surface area contributed by atoms with Crippen molar-refractivity contribution in [1.82, 2.24) is 10.2 Å². The molecule has 2 aromatic rings. The molecule has 4 rings (SSSR count). The second-order valence-electron chi connectivity index (χ2n) is 9.20. The van der Waals surface area contributed by atoms with Gasteiger partial charge in [0, 0.05) is 33.6 Å². The van der Waals surface area contributed by atoms with Gasteiger partial charge in [0.15, 0.2) is 5.76 Å². The maximum atomic E-state index is 15.0. The van der Waals surface area contributed by atoms with Crippen molar-refractivity contribution in [1.29, 1.82) is 0 Å². The first-order chi connectivity index (χ1) is 17.6. The average Bonchev–Trinajstić information content (AvgIpc) is 3.50. The Morgan fingerprint density at radius 3 is 2.59 bits per heavy atom. The van der Waals surface area contributed by atoms with E-state index in [0.29, 0.717) is 31.0 Å². The first kappa shape index (κ1) is 25.9. The number of cyclic esters (lactones) is 1. The Kier molecular flexibility index (Phi) is 7.60. The smallest absolute Gasteiger partial charge is 0.433 e. The van der Waals surface area contributed by atoms with Crippen molar-refractivity contribution in [3.8, 4) is 0 Å². The van der Waals surface area contributed by atoms with Crippen LogP contribution in [0.3, 0.4) is 0 Å². The van der Waals surface area contributed by atoms with E-state index in [1.165, 1.54) is 28.9 Å². The van der Waals surface area contributed by atoms with E-state index >= 15 is 4.39 Å². The molecule has 0 radical (unpaired) electrons. The number of hydrogen-bond acceptors (Lipinski definition) is 8. The topological polar surface area (TPSA) is 138 Å². The lowest BCUT2D eigenvalue weighted by Gasteiger charge is -2.35. The summed E-state index contributed by atoms with van der Waals surface area (Å²) >= 11 is 0. The van der Waals surface area contributed by atoms with Gasteiger partial charge in [-0.1, -0.05) is 0 Å². The molecule has 2 aliphatic rings. The summed E-state index contributed by atoms with van der Waals surface area (Å²) < 4.78 is 25.3. The summed E-state index contributed by atoms with van der Waals surface area (Å²) in [6.45, 7) is 3.38. The maximum absolute atomic E-state index is 15.0. The van der Waals surface area contributed by atoms with Crippen molar-refractivity contribution < 1.29 is 32.9 Å². The van der Waals surface area contributed by atoms with Gasteiger partial charge in [-0.15, -0.1) is 0 Å². The zero-order valence-corrected chi connectivity index (χ0v) is 20.5. The molecule has 3 heterocycles. The molecule has 0 spiro atoms. The van der Waals surface area contributed by atoms with Crippen LogP contribution in [0.5, 0.6) is 0 Å². The third-order valence-electron chi connectivity index (χ3n) is 6.51. The van der Waals surface area contributed by atoms with Gasteiger partial charge in [-0.05, 0) is 43.0 Å². The predicted molar refractivity (Wildman–Crippen MR) is 130 cm³/mol. The van der Waals surface area contributed by atoms with Crippen LogP contribution < -0.4 is 15.1 Å². The van der Waals surface area contributed by atoms with Crippen molar-refractivity contribution in [3.63, 3.8) is 0 Å². The number of anilines is 2. The molecule has 0 bridgehead atoms. The molecule has 0 aliphatic carbocycles. The van der Waals surface area contributed by atoms with Gasteiger partial charge in [0.1, 0.15) is 16.8 Å². The Morgan fingerprint density at radius 2 is 1.97 bits per heavy atom. The molecule has 37 heavy (non-hydrogen) atoms. The Morgan fingerprint density at radius 1 is 1.24 bits per heavy atom. The van der Waals surface area contributed by atoms with E-state index < -0.39 is 34.7 Å². The van der Waals surface area contributed by atoms with Crippen molar-refractivity contribution >= 4 is 35.2 Å². The van der Waals surface area contributed by atoms with Crippen molar-refractivity contribution in [2.24, 2.45) is 5.92 Å². The molecule has 3 amide bonds. The van der Waals surface area contributed by atoms with Crippen molar-refractivity contribution in [2.75, 3.05) is 49.6 Å². The van der Waals surface area contributed by atoms with Crippen molar-refractivity contribution in [2.45, 2.75) is 25.9 Å². The fourth-order valence-corrected chi connectivity index (χ4v) is 4.57. The van der Waals surface area contributed by atoms with E-state index in [4.69, 9.17) is 9.15 Å². The second kappa shape index (κ2) is 10.8. The Bertz CT molecular complexity index is 1190. The first-order valence-electron chi connectivity index (χ1n) is 11.9. The number of nitrogens with zero attached hydrogens (tertiary/aromatic N) is 4. The lowest BCUT2D eigenvalue weighted by atomic mass is 9.95. The van der Waals surface area contributed by atoms with Crippen LogP contribution in [0.1, 0.15) is 30.3 Å². The highest BCUT2D eigenvalue weighted by Crippen LogP contribution is 2.31. The van der Waals surface area contributed by atoms with Crippen LogP contribution in [-0.2, 0) is 9.53 Å². The summed E-state index contributed by atoms with van der Waals surface area (Å²) in [6.07, 6.45) is 0.345. The zero-order chi connectivity index (χ0) is 26.7. The van der Waals surface area contributed by atoms with E-state index in [2.05, 4.69) is 5.32 Å². The molecule has 1 aromatic carbocycles. The fourth-order valence-electron chi connectivity index (χ4n) is 4.57. The van der Waals surface area contributed by atoms with Gasteiger partial charge in [0.05, 0.1) is 30.5 Å². The first-order valence-corrected chi connectivity index (χ1v) is 11.9. The van der Waals surface area contributed by atoms with Gasteiger partial charge in [-0.25, -0.2) is 9.18 Å². The van der Waals surface area contributed by atoms with Gasteiger partial charge in [0.2, 0.25) is 5.91 Å². The molecular weight excluding hydrogens is 489 g/mol. The summed E-state index contributed by atoms with van der Waals surface area (Å²) in [7, 11) is 1.62. The summed E-state index contributed by atoms with van der Waals surface area (Å²) in [4.78, 5) is 50.7. The minimum atomic E-state index is -0.694. The normalized spacial score (nSPS) is 18.0. The number of carbonyl (C=O) groups is 3. The third kappa shape index (κ3) is 5.98. The zero-order valence-electron chi connectivity index (χ0n) is 20.5. The number of furan rings is 1. The number of nitro groups is 1. The van der Waals surface area contributed by atoms with Gasteiger partial charge in [-0.3, -0.25) is 24.6 Å². The van der Waals surface area contributed by atoms with E-state index in [1.54, 1.807) is 19.2 Å². The molecule has 198 valence electrons. The molecule has 13 heteroatoms. The molecule has 2 aliphatic heterocycles. The monoisotopic (exact) mass is 517 g/mol. The number of ether oxygens (including phenoxy) is 1. The maximum Gasteiger partial charge on any atom is 0.433 e. The van der Waals surface area contributed by atoms with E-state index in [0.717, 1.165) is 18.9 Å². The second-order valence-corrected chi connectivity index (χ2v) is 9.20. The summed E-state index contributed by atoms with van der Waals surface area (Å²) in [5.41, 5.74) is 0.807. The number of hydrogen-bond donors (Lipinski definition) is 1. The summed E-state index contributed by atoms with van der Waals surface area (Å²) in [6, 6.07) is 7.05. The van der Waals surface area contributed by atoms with Crippen LogP contribution >= 0.6 is 0 Å². The number of piperidine rings is 1. The fraction of sp³-hybridized carbons (Fsp3) is 0.458. The van der Waals surface area contributed by atoms with Gasteiger partial charge in [0.25, 0.3) is 5.91 Å². The number of rotatable bonds is 8. The van der Waals surface area contributed by atoms with E-state index in [1.807, 2.05) is 4.90 Å². The molecular formula is C24H28FN5O7. The van der Waals surface area contributed by atoms with Gasteiger partial charge in [-0.2, -0.15) is 0 Å². The standard InChI is InChI=1S/C24H28FN5O7/c1-15(31)26-12-18-14-29(24(33)36-18)17-3-4-20(19(25)11-17)28-9-7-16(8-10-28)13-27(2)23(32)21-5-6-22(37-21)30(34)35/h3-6,11,16,18H,7-10,12-14H2,1-2H3,(H,26,31)/t18-/m0/s1. The minimum Gasteiger partial charge on any atom is -0.442 e. The SMILES string of the molecule is CC(=O)NC[C@H]1CN(c2ccc(N3CCC(CN(C)C(=O)c4ccc([N+](=O)[O-])o4)CC3)c(F)c2)C(=O)O1. The van der Waals surface area contributed by atoms with Gasteiger partial charge >= 0.3 is 12.0 Å². The van der Waals surface area contributed by atoms with Crippen LogP contribution in [0, 0.1) is 21.8 Å². The lowest BCUT2D eigenvalue weighted by molar-refractivity contribution is -0.402. The van der Waals surface area contributed by atoms with Crippen molar-refractivity contribution in [3.05, 3.63) is 52.0 Å². The molecule has 1 aromatic heterocycles. The molecule has 2 saturated heterocycles. The van der Waals surface area contributed by atoms with Crippen LogP contribution in [0.4, 0.5) is 26.4 Å². The van der Waals surface area contributed by atoms with Crippen LogP contribution in [0.25, 0.3) is 0 Å². The molecule has 0 unspecified atom stereocenters. The lowest BCUT2D eigenvalue weighted by Crippen LogP contribution is -2.39. The molecule has 0 saturated carbocycles. The van der Waals surface area contributed by atoms with E-state index in [9.17, 15) is 24.5 Å². The number of carbonyl (C=O) groups excluding carboxylic acids is 3. The Hall–Kier alpha value is -4.16. The number of nitrogens with one attached hydrogen (secondary N) is 1. The summed E-state index contributed by atoms with van der Waals surface area (Å²) in [5.74, 6) is -1.51. The number of benzene rings is 1. The number of halogens is 1. The summed E-state index contributed by atoms with van der Waals surface area (Å²) in [5, 5.41) is 13.4. The highest BCUT2D eigenvalue weighted by Gasteiger charge is 2.33. The van der Waals surface area contributed by atoms with Crippen LogP contribution in [0.2, 0.25) is 0 Å². The highest BCUT2D eigenvalue weighted by atomic mass is 19.1. The predicted octanol–water partition coefficient (Wildman–Crippen LogP) is 2.78. The third-order valence-corrected chi connectivity index (χ3v) is 6.51. The molecule has 1 atom stereocenters. The van der Waals surface area contributed by atoms with E-state index in [-0.39, 0.29) is 30.7 Å². The van der Waals surface area contributed by atoms with Gasteiger partial charge < -0.3 is 24.3 Å². The minimum absolute atomic E-state index is 0.0860. The Balaban J connectivity index is 1.30. The molecule has 2 fully saturated rings. The van der Waals surface area contributed by atoms with Crippen LogP contribution in [-0.4, -0.2) is 73.6 Å². The molecule has 1 N–H and O–H groups in total. The quantitative estimate of drug-likeness (QED) is 0.417.